The van der Waals surface area contributed by atoms with Gasteiger partial charge in [-0.1, -0.05) is 53.7 Å². The quantitative estimate of drug-likeness (QED) is 0.129. The molecule has 3 aromatic carbocycles. The number of halogens is 1. The lowest BCUT2D eigenvalue weighted by atomic mass is 10.2. The van der Waals surface area contributed by atoms with Crippen molar-refractivity contribution >= 4 is 41.2 Å². The lowest BCUT2D eigenvalue weighted by Crippen LogP contribution is -2.20. The van der Waals surface area contributed by atoms with Crippen molar-refractivity contribution in [1.82, 2.24) is 20.2 Å². The maximum Gasteiger partial charge on any atom is 0.270 e. The van der Waals surface area contributed by atoms with Gasteiger partial charge in [0.2, 0.25) is 0 Å². The predicted molar refractivity (Wildman–Crippen MR) is 143 cm³/mol. The zero-order valence-electron chi connectivity index (χ0n) is 19.6. The lowest BCUT2D eigenvalue weighted by molar-refractivity contribution is -0.384. The van der Waals surface area contributed by atoms with Crippen molar-refractivity contribution in [2.75, 3.05) is 12.4 Å². The third kappa shape index (κ3) is 6.51. The Morgan fingerprint density at radius 2 is 1.92 bits per heavy atom. The summed E-state index contributed by atoms with van der Waals surface area (Å²) >= 11 is 7.25. The van der Waals surface area contributed by atoms with Crippen LogP contribution in [0.15, 0.2) is 83.1 Å². The number of ether oxygens (including phenoxy) is 1. The lowest BCUT2D eigenvalue weighted by Gasteiger charge is -2.11. The van der Waals surface area contributed by atoms with Crippen LogP contribution in [0, 0.1) is 10.1 Å². The molecule has 0 fully saturated rings. The van der Waals surface area contributed by atoms with Crippen molar-refractivity contribution in [2.24, 2.45) is 5.10 Å². The third-order valence-electron chi connectivity index (χ3n) is 4.99. The number of nitrogens with zero attached hydrogens (tertiary/aromatic N) is 5. The Bertz CT molecular complexity index is 1430. The van der Waals surface area contributed by atoms with Gasteiger partial charge in [0, 0.05) is 34.0 Å². The number of carbonyl (C=O) groups is 1. The van der Waals surface area contributed by atoms with Gasteiger partial charge < -0.3 is 4.74 Å². The van der Waals surface area contributed by atoms with Crippen molar-refractivity contribution < 1.29 is 14.5 Å². The van der Waals surface area contributed by atoms with E-state index in [-0.39, 0.29) is 16.5 Å². The third-order valence-corrected chi connectivity index (χ3v) is 6.26. The van der Waals surface area contributed by atoms with Gasteiger partial charge in [0.1, 0.15) is 5.75 Å². The number of rotatable bonds is 10. The van der Waals surface area contributed by atoms with E-state index < -0.39 is 10.8 Å². The number of nitro groups is 1. The summed E-state index contributed by atoms with van der Waals surface area (Å²) in [6.07, 6.45) is 1.26. The van der Waals surface area contributed by atoms with E-state index in [4.69, 9.17) is 16.3 Å². The number of non-ortho nitro benzene ring substituents is 1. The smallest absolute Gasteiger partial charge is 0.270 e. The van der Waals surface area contributed by atoms with Gasteiger partial charge >= 0.3 is 0 Å². The van der Waals surface area contributed by atoms with E-state index in [9.17, 15) is 14.9 Å². The molecule has 37 heavy (non-hydrogen) atoms. The van der Waals surface area contributed by atoms with Gasteiger partial charge in [-0.2, -0.15) is 5.10 Å². The van der Waals surface area contributed by atoms with Crippen LogP contribution in [0.25, 0.3) is 17.1 Å². The van der Waals surface area contributed by atoms with Crippen molar-refractivity contribution in [1.29, 1.82) is 0 Å². The van der Waals surface area contributed by atoms with E-state index in [0.717, 1.165) is 17.0 Å². The summed E-state index contributed by atoms with van der Waals surface area (Å²) in [7, 11) is 0. The predicted octanol–water partition coefficient (Wildman–Crippen LogP) is 5.14. The Balaban J connectivity index is 1.50. The van der Waals surface area contributed by atoms with Crippen molar-refractivity contribution in [3.05, 3.63) is 93.5 Å². The highest BCUT2D eigenvalue weighted by atomic mass is 35.5. The molecule has 4 rings (SSSR count). The van der Waals surface area contributed by atoms with Crippen LogP contribution in [0.2, 0.25) is 5.02 Å². The van der Waals surface area contributed by atoms with Crippen LogP contribution in [-0.2, 0) is 4.79 Å². The van der Waals surface area contributed by atoms with Crippen LogP contribution in [0.1, 0.15) is 12.5 Å². The Morgan fingerprint density at radius 1 is 1.16 bits per heavy atom. The number of nitro benzene ring substituents is 1. The van der Waals surface area contributed by atoms with E-state index in [1.807, 2.05) is 66.1 Å². The van der Waals surface area contributed by atoms with E-state index in [0.29, 0.717) is 23.2 Å². The first-order valence-corrected chi connectivity index (χ1v) is 12.5. The Kier molecular flexibility index (Phi) is 8.49. The highest BCUT2D eigenvalue weighted by Gasteiger charge is 2.17. The van der Waals surface area contributed by atoms with Gasteiger partial charge in [-0.25, -0.2) is 5.43 Å². The second kappa shape index (κ2) is 12.2. The van der Waals surface area contributed by atoms with E-state index in [1.165, 1.54) is 36.2 Å². The highest BCUT2D eigenvalue weighted by molar-refractivity contribution is 7.99. The molecule has 1 N–H and O–H groups in total. The Labute approximate surface area is 221 Å². The van der Waals surface area contributed by atoms with Gasteiger partial charge in [-0.3, -0.25) is 19.5 Å². The molecule has 0 bridgehead atoms. The van der Waals surface area contributed by atoms with Crippen molar-refractivity contribution in [3.8, 4) is 22.8 Å². The summed E-state index contributed by atoms with van der Waals surface area (Å²) in [6.45, 7) is 2.48. The maximum absolute atomic E-state index is 12.4. The van der Waals surface area contributed by atoms with E-state index >= 15 is 0 Å². The molecular formula is C25H21ClN6O4S. The number of carbonyl (C=O) groups excluding carboxylic acids is 1. The fourth-order valence-electron chi connectivity index (χ4n) is 3.31. The summed E-state index contributed by atoms with van der Waals surface area (Å²) in [5, 5.41) is 24.3. The summed E-state index contributed by atoms with van der Waals surface area (Å²) in [5.41, 5.74) is 4.27. The molecule has 1 aromatic heterocycles. The molecule has 0 saturated carbocycles. The average molecular weight is 537 g/mol. The second-order valence-corrected chi connectivity index (χ2v) is 8.83. The van der Waals surface area contributed by atoms with Gasteiger partial charge in [-0.15, -0.1) is 10.2 Å². The zero-order valence-corrected chi connectivity index (χ0v) is 21.1. The first kappa shape index (κ1) is 25.9. The van der Waals surface area contributed by atoms with Gasteiger partial charge in [0.15, 0.2) is 11.0 Å². The van der Waals surface area contributed by atoms with Crippen molar-refractivity contribution in [2.45, 2.75) is 12.1 Å². The number of aromatic nitrogens is 3. The SMILES string of the molecule is CCOc1ccc(-n2c(SCC(=O)NN=Cc3cc([N+](=O)[O-])ccc3Cl)nnc2-c2ccccc2)cc1. The van der Waals surface area contributed by atoms with Crippen LogP contribution in [0.5, 0.6) is 5.75 Å². The molecule has 188 valence electrons. The van der Waals surface area contributed by atoms with Crippen LogP contribution in [0.3, 0.4) is 0 Å². The molecule has 12 heteroatoms. The van der Waals surface area contributed by atoms with Gasteiger partial charge in [0.25, 0.3) is 11.6 Å². The summed E-state index contributed by atoms with van der Waals surface area (Å²) in [5.74, 6) is 0.983. The second-order valence-electron chi connectivity index (χ2n) is 7.48. The molecule has 4 aromatic rings. The molecule has 1 heterocycles. The summed E-state index contributed by atoms with van der Waals surface area (Å²) in [6, 6.07) is 21.1. The molecule has 10 nitrogen and oxygen atoms in total. The minimum absolute atomic E-state index is 0.00393. The Hall–Kier alpha value is -4.22. The number of nitrogens with one attached hydrogen (secondary N) is 1. The number of hydrazone groups is 1. The van der Waals surface area contributed by atoms with Crippen LogP contribution >= 0.6 is 23.4 Å². The average Bonchev–Trinajstić information content (AvgIpc) is 3.33. The molecule has 0 aliphatic heterocycles. The highest BCUT2D eigenvalue weighted by Crippen LogP contribution is 2.29. The standard InChI is InChI=1S/C25H21ClN6O4S/c1-2-36-21-11-8-19(9-12-21)31-24(17-6-4-3-5-7-17)29-30-25(31)37-16-23(33)28-27-15-18-14-20(32(34)35)10-13-22(18)26/h3-15H,2,16H2,1H3,(H,28,33). The molecule has 0 spiro atoms. The van der Waals surface area contributed by atoms with E-state index in [2.05, 4.69) is 20.7 Å². The molecule has 0 radical (unpaired) electrons. The minimum atomic E-state index is -0.535. The number of benzene rings is 3. The minimum Gasteiger partial charge on any atom is -0.494 e. The molecule has 0 aliphatic carbocycles. The largest absolute Gasteiger partial charge is 0.494 e. The Morgan fingerprint density at radius 3 is 2.62 bits per heavy atom. The monoisotopic (exact) mass is 536 g/mol. The summed E-state index contributed by atoms with van der Waals surface area (Å²) in [4.78, 5) is 22.9. The number of hydrogen-bond acceptors (Lipinski definition) is 8. The van der Waals surface area contributed by atoms with Crippen LogP contribution in [0.4, 0.5) is 5.69 Å². The van der Waals surface area contributed by atoms with Crippen LogP contribution < -0.4 is 10.2 Å². The normalized spacial score (nSPS) is 11.0. The molecule has 0 unspecified atom stereocenters. The molecule has 0 saturated heterocycles. The fourth-order valence-corrected chi connectivity index (χ4v) is 4.22. The first-order valence-electron chi connectivity index (χ1n) is 11.1. The zero-order chi connectivity index (χ0) is 26.2. The van der Waals surface area contributed by atoms with Crippen molar-refractivity contribution in [3.63, 3.8) is 0 Å². The number of thioether (sulfide) groups is 1. The van der Waals surface area contributed by atoms with E-state index in [1.54, 1.807) is 0 Å². The summed E-state index contributed by atoms with van der Waals surface area (Å²) < 4.78 is 7.41. The topological polar surface area (TPSA) is 125 Å². The maximum atomic E-state index is 12.4. The number of amides is 1. The molecule has 1 amide bonds. The molecule has 0 atom stereocenters. The fraction of sp³-hybridized carbons (Fsp3) is 0.120. The number of hydrogen-bond donors (Lipinski definition) is 1. The van der Waals surface area contributed by atoms with Gasteiger partial charge in [-0.05, 0) is 37.3 Å². The molecule has 0 aliphatic rings. The molecular weight excluding hydrogens is 516 g/mol. The van der Waals surface area contributed by atoms with Gasteiger partial charge in [0.05, 0.1) is 23.5 Å². The first-order chi connectivity index (χ1) is 18.0. The van der Waals surface area contributed by atoms with Crippen LogP contribution in [-0.4, -0.2) is 44.2 Å².